The number of carbonyl (C=O) groups is 3. The van der Waals surface area contributed by atoms with Crippen molar-refractivity contribution >= 4 is 18.0 Å². The average Bonchev–Trinajstić information content (AvgIpc) is 2.30. The first-order valence-electron chi connectivity index (χ1n) is 6.96. The van der Waals surface area contributed by atoms with Crippen LogP contribution in [0.1, 0.15) is 41.5 Å². The smallest absolute Gasteiger partial charge is 0.326 e. The summed E-state index contributed by atoms with van der Waals surface area (Å²) in [5.74, 6) is -1.64. The summed E-state index contributed by atoms with van der Waals surface area (Å²) in [4.78, 5) is 36.3. The average molecular weight is 302 g/mol. The number of urea groups is 1. The number of nitrogens with zero attached hydrogens (tertiary/aromatic N) is 1. The van der Waals surface area contributed by atoms with Gasteiger partial charge >= 0.3 is 18.0 Å². The van der Waals surface area contributed by atoms with Gasteiger partial charge in [-0.15, -0.1) is 0 Å². The summed E-state index contributed by atoms with van der Waals surface area (Å²) in [6, 6.07) is -1.90. The molecule has 0 aromatic heterocycles. The van der Waals surface area contributed by atoms with Crippen molar-refractivity contribution in [3.63, 3.8) is 0 Å². The largest absolute Gasteiger partial charge is 0.480 e. The first-order valence-corrected chi connectivity index (χ1v) is 6.96. The first kappa shape index (κ1) is 19.2. The van der Waals surface area contributed by atoms with Crippen LogP contribution in [0.5, 0.6) is 0 Å². The number of ether oxygens (including phenoxy) is 1. The second-order valence-corrected chi connectivity index (χ2v) is 6.11. The zero-order valence-corrected chi connectivity index (χ0v) is 13.6. The Bertz CT molecular complexity index is 387. The minimum Gasteiger partial charge on any atom is -0.480 e. The van der Waals surface area contributed by atoms with Crippen LogP contribution in [0, 0.1) is 5.41 Å². The predicted octanol–water partition coefficient (Wildman–Crippen LogP) is 1.47. The molecule has 0 aliphatic carbocycles. The molecule has 0 saturated carbocycles. The van der Waals surface area contributed by atoms with Crippen LogP contribution in [0.3, 0.4) is 0 Å². The summed E-state index contributed by atoms with van der Waals surface area (Å²) in [5.41, 5.74) is -0.645. The number of carboxylic acid groups (broad SMARTS) is 1. The van der Waals surface area contributed by atoms with E-state index in [0.717, 1.165) is 0 Å². The van der Waals surface area contributed by atoms with E-state index in [2.05, 4.69) is 5.32 Å². The summed E-state index contributed by atoms with van der Waals surface area (Å²) >= 11 is 0. The number of esters is 1. The summed E-state index contributed by atoms with van der Waals surface area (Å²) in [7, 11) is 0. The van der Waals surface area contributed by atoms with Gasteiger partial charge < -0.3 is 20.1 Å². The topological polar surface area (TPSA) is 95.9 Å². The summed E-state index contributed by atoms with van der Waals surface area (Å²) in [6.07, 6.45) is 0. The third-order valence-electron chi connectivity index (χ3n) is 2.87. The van der Waals surface area contributed by atoms with Crippen LogP contribution >= 0.6 is 0 Å². The third-order valence-corrected chi connectivity index (χ3v) is 2.87. The number of hydrogen-bond donors (Lipinski definition) is 2. The zero-order chi connectivity index (χ0) is 16.8. The van der Waals surface area contributed by atoms with Gasteiger partial charge in [0, 0.05) is 6.04 Å². The molecule has 7 nitrogen and oxygen atoms in total. The van der Waals surface area contributed by atoms with Crippen LogP contribution in [-0.2, 0) is 14.3 Å². The van der Waals surface area contributed by atoms with Gasteiger partial charge in [0.1, 0.15) is 12.6 Å². The highest BCUT2D eigenvalue weighted by molar-refractivity contribution is 5.85. The van der Waals surface area contributed by atoms with E-state index in [0.29, 0.717) is 0 Å². The number of amides is 2. The van der Waals surface area contributed by atoms with Crippen LogP contribution in [0.2, 0.25) is 0 Å². The molecular weight excluding hydrogens is 276 g/mol. The Labute approximate surface area is 125 Å². The number of hydrogen-bond acceptors (Lipinski definition) is 4. The minimum atomic E-state index is -1.12. The summed E-state index contributed by atoms with van der Waals surface area (Å²) in [6.45, 7) is 10.3. The third kappa shape index (κ3) is 6.46. The molecule has 122 valence electrons. The minimum absolute atomic E-state index is 0.214. The number of nitrogens with one attached hydrogen (secondary N) is 1. The van der Waals surface area contributed by atoms with E-state index in [1.807, 2.05) is 0 Å². The van der Waals surface area contributed by atoms with Gasteiger partial charge in [-0.2, -0.15) is 0 Å². The molecule has 2 N–H and O–H groups in total. The molecule has 0 bridgehead atoms. The Morgan fingerprint density at radius 2 is 1.76 bits per heavy atom. The van der Waals surface area contributed by atoms with Crippen molar-refractivity contribution in [2.75, 3.05) is 13.2 Å². The van der Waals surface area contributed by atoms with Crippen molar-refractivity contribution in [1.82, 2.24) is 10.2 Å². The van der Waals surface area contributed by atoms with Crippen molar-refractivity contribution in [3.05, 3.63) is 0 Å². The molecule has 0 aliphatic rings. The van der Waals surface area contributed by atoms with Gasteiger partial charge in [0.15, 0.2) is 0 Å². The molecule has 0 radical (unpaired) electrons. The van der Waals surface area contributed by atoms with E-state index in [4.69, 9.17) is 4.74 Å². The second kappa shape index (κ2) is 7.85. The maximum absolute atomic E-state index is 12.2. The highest BCUT2D eigenvalue weighted by Crippen LogP contribution is 2.19. The Morgan fingerprint density at radius 3 is 2.10 bits per heavy atom. The van der Waals surface area contributed by atoms with Crippen molar-refractivity contribution < 1.29 is 24.2 Å². The quantitative estimate of drug-likeness (QED) is 0.724. The Kier molecular flexibility index (Phi) is 7.18. The lowest BCUT2D eigenvalue weighted by molar-refractivity contribution is -0.144. The lowest BCUT2D eigenvalue weighted by atomic mass is 9.87. The lowest BCUT2D eigenvalue weighted by Gasteiger charge is -2.32. The standard InChI is InChI=1S/C14H26N2O5/c1-7-21-10(17)8-16(9(2)3)13(20)15-11(12(18)19)14(4,5)6/h9,11H,7-8H2,1-6H3,(H,15,20)(H,18,19). The highest BCUT2D eigenvalue weighted by Gasteiger charge is 2.34. The van der Waals surface area contributed by atoms with Gasteiger partial charge in [-0.3, -0.25) is 4.79 Å². The van der Waals surface area contributed by atoms with Gasteiger partial charge in [-0.1, -0.05) is 20.8 Å². The molecule has 0 aromatic carbocycles. The van der Waals surface area contributed by atoms with E-state index < -0.39 is 29.4 Å². The SMILES string of the molecule is CCOC(=O)CN(C(=O)NC(C(=O)O)C(C)(C)C)C(C)C. The fourth-order valence-corrected chi connectivity index (χ4v) is 1.69. The predicted molar refractivity (Wildman–Crippen MR) is 77.9 cm³/mol. The molecule has 0 aliphatic heterocycles. The molecule has 1 unspecified atom stereocenters. The van der Waals surface area contributed by atoms with E-state index in [9.17, 15) is 19.5 Å². The van der Waals surface area contributed by atoms with Crippen molar-refractivity contribution in [2.45, 2.75) is 53.6 Å². The fraction of sp³-hybridized carbons (Fsp3) is 0.786. The molecule has 0 rings (SSSR count). The maximum Gasteiger partial charge on any atom is 0.326 e. The molecular formula is C14H26N2O5. The molecule has 1 atom stereocenters. The molecule has 0 saturated heterocycles. The van der Waals surface area contributed by atoms with Gasteiger partial charge in [0.05, 0.1) is 6.61 Å². The normalized spacial score (nSPS) is 12.7. The molecule has 7 heteroatoms. The van der Waals surface area contributed by atoms with Crippen molar-refractivity contribution in [3.8, 4) is 0 Å². The van der Waals surface area contributed by atoms with Gasteiger partial charge in [-0.25, -0.2) is 9.59 Å². The van der Waals surface area contributed by atoms with Gasteiger partial charge in [0.25, 0.3) is 0 Å². The Balaban J connectivity index is 4.97. The summed E-state index contributed by atoms with van der Waals surface area (Å²) < 4.78 is 4.82. The molecule has 0 fully saturated rings. The Morgan fingerprint density at radius 1 is 1.24 bits per heavy atom. The van der Waals surface area contributed by atoms with Crippen LogP contribution in [0.15, 0.2) is 0 Å². The second-order valence-electron chi connectivity index (χ2n) is 6.11. The molecule has 0 heterocycles. The maximum atomic E-state index is 12.2. The number of aliphatic carboxylic acids is 1. The van der Waals surface area contributed by atoms with E-state index in [1.54, 1.807) is 41.5 Å². The monoisotopic (exact) mass is 302 g/mol. The highest BCUT2D eigenvalue weighted by atomic mass is 16.5. The van der Waals surface area contributed by atoms with Crippen LogP contribution in [0.25, 0.3) is 0 Å². The number of rotatable bonds is 6. The van der Waals surface area contributed by atoms with Crippen molar-refractivity contribution in [1.29, 1.82) is 0 Å². The molecule has 0 aromatic rings. The van der Waals surface area contributed by atoms with E-state index in [-0.39, 0.29) is 19.2 Å². The van der Waals surface area contributed by atoms with E-state index in [1.165, 1.54) is 4.90 Å². The van der Waals surface area contributed by atoms with Gasteiger partial charge in [0.2, 0.25) is 0 Å². The zero-order valence-electron chi connectivity index (χ0n) is 13.6. The van der Waals surface area contributed by atoms with Crippen LogP contribution in [0.4, 0.5) is 4.79 Å². The van der Waals surface area contributed by atoms with E-state index >= 15 is 0 Å². The fourth-order valence-electron chi connectivity index (χ4n) is 1.69. The van der Waals surface area contributed by atoms with Crippen molar-refractivity contribution in [2.24, 2.45) is 5.41 Å². The lowest BCUT2D eigenvalue weighted by Crippen LogP contribution is -2.55. The number of carboxylic acids is 1. The summed E-state index contributed by atoms with van der Waals surface area (Å²) in [5, 5.41) is 11.7. The molecule has 2 amide bonds. The number of carbonyl (C=O) groups excluding carboxylic acids is 2. The first-order chi connectivity index (χ1) is 9.50. The molecule has 0 spiro atoms. The molecule has 21 heavy (non-hydrogen) atoms. The Hall–Kier alpha value is -1.79. The van der Waals surface area contributed by atoms with Crippen LogP contribution < -0.4 is 5.32 Å². The van der Waals surface area contributed by atoms with Gasteiger partial charge in [-0.05, 0) is 26.2 Å². The van der Waals surface area contributed by atoms with Crippen LogP contribution in [-0.4, -0.2) is 53.2 Å².